The number of benzene rings is 1. The number of phenols is 1. The van der Waals surface area contributed by atoms with Crippen LogP contribution in [0.3, 0.4) is 0 Å². The number of hydrogen-bond donors (Lipinski definition) is 1. The van der Waals surface area contributed by atoms with E-state index in [2.05, 4.69) is 19.9 Å². The fourth-order valence-electron chi connectivity index (χ4n) is 1.85. The summed E-state index contributed by atoms with van der Waals surface area (Å²) in [6, 6.07) is 2.06. The standard InChI is InChI=1S/C12H18O/c1-5-6-11-8(2)7-9(3)12(13)10(11)4/h7,13H,5-6H2,1-4H3. The minimum atomic E-state index is 0.467. The van der Waals surface area contributed by atoms with Crippen LogP contribution in [0, 0.1) is 20.8 Å². The number of aromatic hydroxyl groups is 1. The highest BCUT2D eigenvalue weighted by atomic mass is 16.3. The van der Waals surface area contributed by atoms with Crippen LogP contribution in [-0.4, -0.2) is 5.11 Å². The van der Waals surface area contributed by atoms with Gasteiger partial charge in [-0.25, -0.2) is 0 Å². The molecule has 0 saturated carbocycles. The predicted molar refractivity (Wildman–Crippen MR) is 56.3 cm³/mol. The fraction of sp³-hybridized carbons (Fsp3) is 0.500. The first kappa shape index (κ1) is 10.1. The van der Waals surface area contributed by atoms with Gasteiger partial charge in [0.2, 0.25) is 0 Å². The second kappa shape index (κ2) is 3.82. The van der Waals surface area contributed by atoms with E-state index < -0.39 is 0 Å². The number of phenolic OH excluding ortho intramolecular Hbond substituents is 1. The maximum Gasteiger partial charge on any atom is 0.121 e. The van der Waals surface area contributed by atoms with Crippen LogP contribution in [0.2, 0.25) is 0 Å². The molecule has 13 heavy (non-hydrogen) atoms. The summed E-state index contributed by atoms with van der Waals surface area (Å²) in [5.41, 5.74) is 4.65. The topological polar surface area (TPSA) is 20.2 Å². The van der Waals surface area contributed by atoms with Crippen molar-refractivity contribution in [2.75, 3.05) is 0 Å². The van der Waals surface area contributed by atoms with E-state index in [0.29, 0.717) is 5.75 Å². The first-order chi connectivity index (χ1) is 6.07. The van der Waals surface area contributed by atoms with Crippen molar-refractivity contribution < 1.29 is 5.11 Å². The van der Waals surface area contributed by atoms with Gasteiger partial charge in [-0.05, 0) is 49.4 Å². The van der Waals surface area contributed by atoms with E-state index in [1.807, 2.05) is 13.8 Å². The van der Waals surface area contributed by atoms with Crippen molar-refractivity contribution in [1.29, 1.82) is 0 Å². The second-order valence-corrected chi connectivity index (χ2v) is 3.71. The third kappa shape index (κ3) is 1.85. The van der Waals surface area contributed by atoms with Crippen molar-refractivity contribution in [3.05, 3.63) is 28.3 Å². The summed E-state index contributed by atoms with van der Waals surface area (Å²) < 4.78 is 0. The maximum atomic E-state index is 9.74. The van der Waals surface area contributed by atoms with Crippen LogP contribution in [0.25, 0.3) is 0 Å². The SMILES string of the molecule is CCCc1c(C)cc(C)c(O)c1C. The Balaban J connectivity index is 3.26. The van der Waals surface area contributed by atoms with Gasteiger partial charge in [-0.1, -0.05) is 19.4 Å². The molecule has 0 heterocycles. The quantitative estimate of drug-likeness (QED) is 0.737. The molecule has 0 saturated heterocycles. The highest BCUT2D eigenvalue weighted by Gasteiger charge is 2.08. The van der Waals surface area contributed by atoms with Crippen molar-refractivity contribution in [3.8, 4) is 5.75 Å². The molecule has 1 N–H and O–H groups in total. The summed E-state index contributed by atoms with van der Waals surface area (Å²) in [4.78, 5) is 0. The van der Waals surface area contributed by atoms with E-state index in [-0.39, 0.29) is 0 Å². The zero-order valence-corrected chi connectivity index (χ0v) is 8.94. The van der Waals surface area contributed by atoms with Gasteiger partial charge in [0.1, 0.15) is 5.75 Å². The van der Waals surface area contributed by atoms with Crippen LogP contribution < -0.4 is 0 Å². The second-order valence-electron chi connectivity index (χ2n) is 3.71. The maximum absolute atomic E-state index is 9.74. The van der Waals surface area contributed by atoms with Gasteiger partial charge in [-0.2, -0.15) is 0 Å². The Hall–Kier alpha value is -0.980. The van der Waals surface area contributed by atoms with E-state index >= 15 is 0 Å². The molecule has 0 aliphatic heterocycles. The lowest BCUT2D eigenvalue weighted by Gasteiger charge is -2.12. The first-order valence-corrected chi connectivity index (χ1v) is 4.86. The van der Waals surface area contributed by atoms with Gasteiger partial charge in [0.05, 0.1) is 0 Å². The predicted octanol–water partition coefficient (Wildman–Crippen LogP) is 3.27. The molecule has 0 spiro atoms. The molecule has 0 atom stereocenters. The summed E-state index contributed by atoms with van der Waals surface area (Å²) in [5, 5.41) is 9.74. The van der Waals surface area contributed by atoms with Crippen LogP contribution in [0.5, 0.6) is 5.75 Å². The monoisotopic (exact) mass is 178 g/mol. The van der Waals surface area contributed by atoms with Crippen molar-refractivity contribution in [2.45, 2.75) is 40.5 Å². The first-order valence-electron chi connectivity index (χ1n) is 4.86. The third-order valence-corrected chi connectivity index (χ3v) is 2.59. The van der Waals surface area contributed by atoms with Gasteiger partial charge < -0.3 is 5.11 Å². The molecule has 0 aliphatic carbocycles. The molecule has 0 aromatic heterocycles. The van der Waals surface area contributed by atoms with Crippen molar-refractivity contribution in [1.82, 2.24) is 0 Å². The normalized spacial score (nSPS) is 10.5. The zero-order valence-electron chi connectivity index (χ0n) is 8.94. The minimum Gasteiger partial charge on any atom is -0.507 e. The van der Waals surface area contributed by atoms with Crippen LogP contribution in [0.1, 0.15) is 35.6 Å². The fourth-order valence-corrected chi connectivity index (χ4v) is 1.85. The van der Waals surface area contributed by atoms with Crippen molar-refractivity contribution >= 4 is 0 Å². The molecule has 0 fully saturated rings. The van der Waals surface area contributed by atoms with E-state index in [1.165, 1.54) is 11.1 Å². The molecular weight excluding hydrogens is 160 g/mol. The molecular formula is C12H18O. The zero-order chi connectivity index (χ0) is 10.0. The Labute approximate surface area is 80.4 Å². The van der Waals surface area contributed by atoms with Gasteiger partial charge >= 0.3 is 0 Å². The van der Waals surface area contributed by atoms with E-state index in [4.69, 9.17) is 0 Å². The van der Waals surface area contributed by atoms with Crippen LogP contribution >= 0.6 is 0 Å². The van der Waals surface area contributed by atoms with Gasteiger partial charge in [0, 0.05) is 0 Å². The van der Waals surface area contributed by atoms with Crippen LogP contribution in [0.4, 0.5) is 0 Å². The average Bonchev–Trinajstić information content (AvgIpc) is 2.09. The Bertz CT molecular complexity index is 313. The molecule has 1 heteroatoms. The van der Waals surface area contributed by atoms with E-state index in [1.54, 1.807) is 0 Å². The van der Waals surface area contributed by atoms with Crippen molar-refractivity contribution in [2.24, 2.45) is 0 Å². The molecule has 1 aromatic carbocycles. The number of aryl methyl sites for hydroxylation is 2. The lowest BCUT2D eigenvalue weighted by molar-refractivity contribution is 0.465. The Morgan fingerprint density at radius 1 is 1.15 bits per heavy atom. The van der Waals surface area contributed by atoms with Gasteiger partial charge in [-0.3, -0.25) is 0 Å². The summed E-state index contributed by atoms with van der Waals surface area (Å²) in [6.45, 7) is 8.23. The Morgan fingerprint density at radius 2 is 1.77 bits per heavy atom. The third-order valence-electron chi connectivity index (χ3n) is 2.59. The van der Waals surface area contributed by atoms with Gasteiger partial charge in [0.25, 0.3) is 0 Å². The molecule has 0 unspecified atom stereocenters. The van der Waals surface area contributed by atoms with Crippen LogP contribution in [-0.2, 0) is 6.42 Å². The smallest absolute Gasteiger partial charge is 0.121 e. The molecule has 0 radical (unpaired) electrons. The summed E-state index contributed by atoms with van der Waals surface area (Å²) in [5.74, 6) is 0.467. The minimum absolute atomic E-state index is 0.467. The van der Waals surface area contributed by atoms with Crippen LogP contribution in [0.15, 0.2) is 6.07 Å². The number of hydrogen-bond acceptors (Lipinski definition) is 1. The van der Waals surface area contributed by atoms with Gasteiger partial charge in [0.15, 0.2) is 0 Å². The van der Waals surface area contributed by atoms with E-state index in [9.17, 15) is 5.11 Å². The summed E-state index contributed by atoms with van der Waals surface area (Å²) in [6.07, 6.45) is 2.19. The molecule has 0 bridgehead atoms. The van der Waals surface area contributed by atoms with Gasteiger partial charge in [-0.15, -0.1) is 0 Å². The molecule has 72 valence electrons. The summed E-state index contributed by atoms with van der Waals surface area (Å²) >= 11 is 0. The molecule has 1 nitrogen and oxygen atoms in total. The Kier molecular flexibility index (Phi) is 2.97. The lowest BCUT2D eigenvalue weighted by atomic mass is 9.95. The molecule has 0 amide bonds. The molecule has 1 rings (SSSR count). The largest absolute Gasteiger partial charge is 0.507 e. The summed E-state index contributed by atoms with van der Waals surface area (Å²) in [7, 11) is 0. The lowest BCUT2D eigenvalue weighted by Crippen LogP contribution is -1.95. The Morgan fingerprint density at radius 3 is 2.31 bits per heavy atom. The van der Waals surface area contributed by atoms with Crippen molar-refractivity contribution in [3.63, 3.8) is 0 Å². The average molecular weight is 178 g/mol. The number of rotatable bonds is 2. The highest BCUT2D eigenvalue weighted by molar-refractivity contribution is 5.48. The van der Waals surface area contributed by atoms with E-state index in [0.717, 1.165) is 24.0 Å². The highest BCUT2D eigenvalue weighted by Crippen LogP contribution is 2.28. The molecule has 1 aromatic rings. The molecule has 0 aliphatic rings.